The van der Waals surface area contributed by atoms with Crippen LogP contribution in [0.2, 0.25) is 0 Å². The number of para-hydroxylation sites is 1. The molecule has 0 aliphatic heterocycles. The zero-order valence-electron chi connectivity index (χ0n) is 25.0. The molecule has 3 heterocycles. The first-order valence-corrected chi connectivity index (χ1v) is 16.1. The second-order valence-electron chi connectivity index (χ2n) is 10.9. The predicted octanol–water partition coefficient (Wildman–Crippen LogP) is 7.46. The number of oxazole rings is 1. The lowest BCUT2D eigenvalue weighted by atomic mass is 9.94. The van der Waals surface area contributed by atoms with E-state index in [1.807, 2.05) is 48.5 Å². The van der Waals surface area contributed by atoms with Gasteiger partial charge in [0.2, 0.25) is 10.0 Å². The van der Waals surface area contributed by atoms with Crippen LogP contribution >= 0.6 is 0 Å². The number of aromatic nitrogens is 2. The number of amides is 1. The van der Waals surface area contributed by atoms with E-state index in [-0.39, 0.29) is 11.3 Å². The Morgan fingerprint density at radius 1 is 0.935 bits per heavy atom. The van der Waals surface area contributed by atoms with E-state index in [4.69, 9.17) is 8.83 Å². The number of sulfonamides is 1. The van der Waals surface area contributed by atoms with E-state index in [1.165, 1.54) is 49.1 Å². The first-order chi connectivity index (χ1) is 22.1. The fraction of sp³-hybridized carbons (Fsp3) is 0.0857. The molecule has 0 fully saturated rings. The molecule has 4 aromatic carbocycles. The monoisotopic (exact) mass is 634 g/mol. The van der Waals surface area contributed by atoms with Crippen LogP contribution in [0.5, 0.6) is 0 Å². The summed E-state index contributed by atoms with van der Waals surface area (Å²) >= 11 is 0. The first kappa shape index (κ1) is 29.1. The molecule has 0 spiro atoms. The van der Waals surface area contributed by atoms with E-state index < -0.39 is 21.7 Å². The van der Waals surface area contributed by atoms with Crippen LogP contribution in [0.25, 0.3) is 66.9 Å². The Morgan fingerprint density at radius 3 is 2.39 bits per heavy atom. The summed E-state index contributed by atoms with van der Waals surface area (Å²) in [7, 11) is -0.744. The van der Waals surface area contributed by atoms with Crippen molar-refractivity contribution in [3.8, 4) is 45.0 Å². The summed E-state index contributed by atoms with van der Waals surface area (Å²) in [5.41, 5.74) is 5.93. The number of hydrogen-bond acceptors (Lipinski definition) is 6. The Balaban J connectivity index is 1.52. The number of rotatable bonds is 7. The average Bonchev–Trinajstić information content (AvgIpc) is 3.82. The number of anilines is 1. The molecule has 9 nitrogen and oxygen atoms in total. The quantitative estimate of drug-likeness (QED) is 0.188. The minimum atomic E-state index is -3.72. The lowest BCUT2D eigenvalue weighted by Crippen LogP contribution is -2.25. The third-order valence-electron chi connectivity index (χ3n) is 8.05. The molecule has 230 valence electrons. The summed E-state index contributed by atoms with van der Waals surface area (Å²) in [6, 6.07) is 24.6. The van der Waals surface area contributed by atoms with Crippen LogP contribution in [0.3, 0.4) is 0 Å². The van der Waals surface area contributed by atoms with Crippen molar-refractivity contribution in [3.63, 3.8) is 0 Å². The summed E-state index contributed by atoms with van der Waals surface area (Å²) in [5.74, 6) is -0.0448. The summed E-state index contributed by atoms with van der Waals surface area (Å²) in [6.07, 6.45) is 4.11. The van der Waals surface area contributed by atoms with Gasteiger partial charge in [-0.05, 0) is 60.2 Å². The van der Waals surface area contributed by atoms with Crippen molar-refractivity contribution in [2.45, 2.75) is 0 Å². The molecule has 46 heavy (non-hydrogen) atoms. The van der Waals surface area contributed by atoms with Gasteiger partial charge in [-0.15, -0.1) is 0 Å². The maximum Gasteiger partial charge on any atom is 0.255 e. The van der Waals surface area contributed by atoms with Gasteiger partial charge in [0, 0.05) is 64.4 Å². The van der Waals surface area contributed by atoms with Gasteiger partial charge in [0.05, 0.1) is 23.7 Å². The van der Waals surface area contributed by atoms with E-state index in [0.717, 1.165) is 34.0 Å². The summed E-state index contributed by atoms with van der Waals surface area (Å²) in [4.78, 5) is 20.9. The van der Waals surface area contributed by atoms with Crippen LogP contribution in [0, 0.1) is 5.82 Å². The van der Waals surface area contributed by atoms with E-state index >= 15 is 0 Å². The van der Waals surface area contributed by atoms with Gasteiger partial charge in [0.15, 0.2) is 12.2 Å². The van der Waals surface area contributed by atoms with Crippen LogP contribution in [0.4, 0.5) is 10.1 Å². The second-order valence-corrected chi connectivity index (χ2v) is 12.9. The van der Waals surface area contributed by atoms with Gasteiger partial charge in [-0.3, -0.25) is 9.10 Å². The Morgan fingerprint density at radius 2 is 1.70 bits per heavy atom. The number of carbonyl (C=O) groups excluding carboxylic acids is 1. The number of aromatic amines is 1. The van der Waals surface area contributed by atoms with Crippen LogP contribution in [-0.4, -0.2) is 44.6 Å². The minimum Gasteiger partial charge on any atom is -0.455 e. The molecule has 1 amide bonds. The number of H-pyrrole nitrogens is 1. The highest BCUT2D eigenvalue weighted by molar-refractivity contribution is 7.92. The maximum atomic E-state index is 13.8. The van der Waals surface area contributed by atoms with Gasteiger partial charge in [-0.25, -0.2) is 17.8 Å². The topological polar surface area (TPSA) is 121 Å². The van der Waals surface area contributed by atoms with Crippen LogP contribution in [0.15, 0.2) is 106 Å². The number of carbonyl (C=O) groups is 1. The van der Waals surface area contributed by atoms with Crippen molar-refractivity contribution in [2.75, 3.05) is 24.7 Å². The third-order valence-corrected chi connectivity index (χ3v) is 9.24. The number of benzene rings is 4. The highest BCUT2D eigenvalue weighted by Crippen LogP contribution is 2.43. The molecule has 0 aliphatic carbocycles. The van der Waals surface area contributed by atoms with Crippen molar-refractivity contribution in [1.82, 2.24) is 15.3 Å². The fourth-order valence-electron chi connectivity index (χ4n) is 5.67. The number of nitrogens with zero attached hydrogens (tertiary/aromatic N) is 2. The van der Waals surface area contributed by atoms with Crippen molar-refractivity contribution >= 4 is 43.5 Å². The number of furan rings is 1. The highest BCUT2D eigenvalue weighted by Gasteiger charge is 2.26. The molecule has 0 bridgehead atoms. The van der Waals surface area contributed by atoms with Crippen molar-refractivity contribution in [2.24, 2.45) is 0 Å². The Hall–Kier alpha value is -5.68. The number of hydrogen-bond donors (Lipinski definition) is 2. The number of halogens is 1. The van der Waals surface area contributed by atoms with Gasteiger partial charge >= 0.3 is 0 Å². The van der Waals surface area contributed by atoms with Gasteiger partial charge in [0.1, 0.15) is 17.2 Å². The molecule has 7 aromatic rings. The van der Waals surface area contributed by atoms with E-state index in [0.29, 0.717) is 39.1 Å². The SMILES string of the molecule is CNC(=O)c1c(-c2ccc(F)cc2)oc2cc(N(C)S(C)(=O)=O)c(-c3ccc(-c4cnco4)c(-c4cc5ccccc5[nH]4)c3)cc12. The molecule has 0 unspecified atom stereocenters. The summed E-state index contributed by atoms with van der Waals surface area (Å²) in [5, 5.41) is 4.15. The molecule has 0 saturated carbocycles. The van der Waals surface area contributed by atoms with E-state index in [9.17, 15) is 17.6 Å². The average molecular weight is 635 g/mol. The summed E-state index contributed by atoms with van der Waals surface area (Å²) in [6.45, 7) is 0. The normalized spacial score (nSPS) is 11.7. The summed E-state index contributed by atoms with van der Waals surface area (Å²) < 4.78 is 52.6. The van der Waals surface area contributed by atoms with Crippen LogP contribution in [-0.2, 0) is 10.0 Å². The molecular formula is C35H27FN4O5S. The van der Waals surface area contributed by atoms with Crippen LogP contribution < -0.4 is 9.62 Å². The molecule has 0 aliphatic rings. The minimum absolute atomic E-state index is 0.235. The molecular weight excluding hydrogens is 607 g/mol. The smallest absolute Gasteiger partial charge is 0.255 e. The van der Waals surface area contributed by atoms with Crippen molar-refractivity contribution in [1.29, 1.82) is 0 Å². The molecule has 11 heteroatoms. The molecule has 2 N–H and O–H groups in total. The molecule has 7 rings (SSSR count). The number of nitrogens with one attached hydrogen (secondary N) is 2. The van der Waals surface area contributed by atoms with E-state index in [1.54, 1.807) is 18.3 Å². The molecule has 0 saturated heterocycles. The maximum absolute atomic E-state index is 13.8. The first-order valence-electron chi connectivity index (χ1n) is 14.3. The third kappa shape index (κ3) is 5.00. The van der Waals surface area contributed by atoms with Crippen molar-refractivity contribution in [3.05, 3.63) is 109 Å². The Labute approximate surface area is 263 Å². The Kier molecular flexibility index (Phi) is 6.97. The lowest BCUT2D eigenvalue weighted by Gasteiger charge is -2.21. The zero-order valence-corrected chi connectivity index (χ0v) is 25.8. The molecule has 0 radical (unpaired) electrons. The van der Waals surface area contributed by atoms with Gasteiger partial charge < -0.3 is 19.1 Å². The van der Waals surface area contributed by atoms with Gasteiger partial charge in [-0.2, -0.15) is 0 Å². The van der Waals surface area contributed by atoms with Gasteiger partial charge in [-0.1, -0.05) is 24.3 Å². The van der Waals surface area contributed by atoms with Crippen molar-refractivity contribution < 1.29 is 26.4 Å². The molecule has 3 aromatic heterocycles. The molecule has 0 atom stereocenters. The fourth-order valence-corrected chi connectivity index (χ4v) is 6.18. The Bertz CT molecular complexity index is 2340. The lowest BCUT2D eigenvalue weighted by molar-refractivity contribution is 0.0964. The van der Waals surface area contributed by atoms with E-state index in [2.05, 4.69) is 15.3 Å². The predicted molar refractivity (Wildman–Crippen MR) is 176 cm³/mol. The second kappa shape index (κ2) is 11.0. The highest BCUT2D eigenvalue weighted by atomic mass is 32.2. The standard InChI is InChI=1S/C35H27FN4O5S/c1-37-35(41)33-27-16-25(30(40(2)46(3,42)43)17-31(27)45-34(33)20-8-11-23(36)12-9-20)21-10-13-24(32-18-38-19-44-32)26(14-21)29-15-22-6-4-5-7-28(22)39-29/h4-19,39H,1-3H3,(H,37,41). The number of fused-ring (bicyclic) bond motifs is 2. The van der Waals surface area contributed by atoms with Crippen LogP contribution in [0.1, 0.15) is 10.4 Å². The van der Waals surface area contributed by atoms with Gasteiger partial charge in [0.25, 0.3) is 5.91 Å². The largest absolute Gasteiger partial charge is 0.455 e. The zero-order chi connectivity index (χ0) is 32.2.